The van der Waals surface area contributed by atoms with Crippen LogP contribution in [0.15, 0.2) is 139 Å². The third-order valence-corrected chi connectivity index (χ3v) is 17.1. The molecule has 0 radical (unpaired) electrons. The number of amides is 4. The van der Waals surface area contributed by atoms with Crippen LogP contribution >= 0.6 is 23.5 Å². The first-order chi connectivity index (χ1) is 36.4. The first kappa shape index (κ1) is 48.3. The van der Waals surface area contributed by atoms with Crippen molar-refractivity contribution in [1.82, 2.24) is 14.4 Å². The molecule has 1 spiro atoms. The topological polar surface area (TPSA) is 165 Å². The molecule has 378 valence electrons. The molecule has 3 unspecified atom stereocenters. The highest BCUT2D eigenvalue weighted by Crippen LogP contribution is 2.63. The van der Waals surface area contributed by atoms with E-state index in [0.29, 0.717) is 42.7 Å². The number of nitrogens with zero attached hydrogens (tertiary/aromatic N) is 4. The quantitative estimate of drug-likeness (QED) is 0.0813. The van der Waals surface area contributed by atoms with Crippen LogP contribution in [0.1, 0.15) is 88.0 Å². The van der Waals surface area contributed by atoms with Gasteiger partial charge in [0.2, 0.25) is 23.6 Å². The Bertz CT molecular complexity index is 3630. The fourth-order valence-electron chi connectivity index (χ4n) is 12.9. The van der Waals surface area contributed by atoms with Gasteiger partial charge in [-0.15, -0.1) is 0 Å². The van der Waals surface area contributed by atoms with Crippen LogP contribution in [0.2, 0.25) is 0 Å². The normalized spacial score (nSPS) is 21.9. The highest BCUT2D eigenvalue weighted by atomic mass is 32.2. The molecule has 14 nitrogen and oxygen atoms in total. The predicted octanol–water partition coefficient (Wildman–Crippen LogP) is 7.65. The zero-order valence-corrected chi connectivity index (χ0v) is 43.6. The summed E-state index contributed by atoms with van der Waals surface area (Å²) in [7, 11) is 0. The number of allylic oxidation sites excluding steroid dienone is 2. The summed E-state index contributed by atoms with van der Waals surface area (Å²) in [4.78, 5) is 83.4. The highest BCUT2D eigenvalue weighted by Gasteiger charge is 2.75. The minimum atomic E-state index is -1.04. The minimum Gasteiger partial charge on any atom is -0.326 e. The van der Waals surface area contributed by atoms with Gasteiger partial charge in [0.1, 0.15) is 0 Å². The number of aromatic nitrogens is 1. The summed E-state index contributed by atoms with van der Waals surface area (Å²) in [6, 6.07) is 35.7. The number of hydrogen-bond donors (Lipinski definition) is 4. The second-order valence-corrected chi connectivity index (χ2v) is 22.0. The molecule has 1 saturated heterocycles. The minimum absolute atomic E-state index is 0.0255. The Labute approximate surface area is 442 Å². The van der Waals surface area contributed by atoms with Crippen LogP contribution in [-0.2, 0) is 34.7 Å². The predicted molar refractivity (Wildman–Crippen MR) is 295 cm³/mol. The summed E-state index contributed by atoms with van der Waals surface area (Å²) in [5.74, 6) is -1.96. The fourth-order valence-corrected chi connectivity index (χ4v) is 13.7. The number of nitrogens with one attached hydrogen (secondary N) is 4. The molecule has 4 N–H and O–H groups in total. The Hall–Kier alpha value is -7.69. The Balaban J connectivity index is 1.19. The van der Waals surface area contributed by atoms with Crippen LogP contribution in [0.25, 0.3) is 16.7 Å². The van der Waals surface area contributed by atoms with E-state index in [0.717, 1.165) is 102 Å². The van der Waals surface area contributed by atoms with Gasteiger partial charge in [0.15, 0.2) is 22.0 Å². The molecule has 0 bridgehead atoms. The number of carbonyl (C=O) groups excluding carboxylic acids is 6. The lowest BCUT2D eigenvalue weighted by Gasteiger charge is -2.61. The second-order valence-electron chi connectivity index (χ2n) is 19.7. The van der Waals surface area contributed by atoms with Crippen LogP contribution in [-0.4, -0.2) is 88.1 Å². The zero-order valence-electron chi connectivity index (χ0n) is 41.9. The summed E-state index contributed by atoms with van der Waals surface area (Å²) < 4.78 is 5.15. The summed E-state index contributed by atoms with van der Waals surface area (Å²) in [6.07, 6.45) is 9.69. The maximum Gasteiger partial charge on any atom is 0.417 e. The number of carbonyl (C=O) groups is 6. The van der Waals surface area contributed by atoms with Crippen molar-refractivity contribution in [1.29, 1.82) is 0 Å². The maximum atomic E-state index is 13.7. The fraction of sp³-hybridized carbons (Fsp3) is 0.271. The van der Waals surface area contributed by atoms with Gasteiger partial charge in [0.25, 0.3) is 0 Å². The van der Waals surface area contributed by atoms with Crippen LogP contribution < -0.4 is 32.0 Å². The summed E-state index contributed by atoms with van der Waals surface area (Å²) in [5, 5.41) is 14.5. The van der Waals surface area contributed by atoms with Gasteiger partial charge in [-0.1, -0.05) is 122 Å². The lowest BCUT2D eigenvalue weighted by molar-refractivity contribution is -0.736. The number of anilines is 4. The molecule has 4 aromatic carbocycles. The van der Waals surface area contributed by atoms with E-state index in [9.17, 15) is 28.8 Å². The monoisotopic (exact) mass is 1040 g/mol. The van der Waals surface area contributed by atoms with Gasteiger partial charge < -0.3 is 21.3 Å². The van der Waals surface area contributed by atoms with Crippen LogP contribution in [0, 0.1) is 0 Å². The molecule has 0 saturated carbocycles. The first-order valence-corrected chi connectivity index (χ1v) is 27.6. The van der Waals surface area contributed by atoms with Gasteiger partial charge in [-0.2, -0.15) is 4.58 Å². The number of benzene rings is 4. The smallest absolute Gasteiger partial charge is 0.326 e. The van der Waals surface area contributed by atoms with E-state index in [-0.39, 0.29) is 63.4 Å². The largest absolute Gasteiger partial charge is 0.417 e. The third-order valence-electron chi connectivity index (χ3n) is 15.5. The number of rotatable bonds is 14. The van der Waals surface area contributed by atoms with Crippen molar-refractivity contribution in [3.8, 4) is 0 Å². The van der Waals surface area contributed by atoms with Crippen molar-refractivity contribution in [3.63, 3.8) is 0 Å². The average molecular weight is 1040 g/mol. The molecular weight excluding hydrogens is 981 g/mol. The van der Waals surface area contributed by atoms with Crippen molar-refractivity contribution < 1.29 is 33.3 Å². The summed E-state index contributed by atoms with van der Waals surface area (Å²) in [6.45, 7) is 6.63. The van der Waals surface area contributed by atoms with E-state index in [1.54, 1.807) is 0 Å². The van der Waals surface area contributed by atoms with E-state index in [1.807, 2.05) is 86.6 Å². The number of para-hydroxylation sites is 4. The molecular formula is C59H55N8O6S2+. The van der Waals surface area contributed by atoms with Crippen molar-refractivity contribution in [2.24, 2.45) is 0 Å². The van der Waals surface area contributed by atoms with E-state index in [4.69, 9.17) is 0 Å². The zero-order chi connectivity index (χ0) is 51.9. The molecule has 8 heterocycles. The molecule has 16 heteroatoms. The van der Waals surface area contributed by atoms with E-state index >= 15 is 0 Å². The van der Waals surface area contributed by atoms with Crippen LogP contribution in [0.5, 0.6) is 0 Å². The van der Waals surface area contributed by atoms with Gasteiger partial charge in [-0.3, -0.25) is 38.6 Å². The first-order valence-electron chi connectivity index (χ1n) is 25.6. The molecule has 1 fully saturated rings. The second kappa shape index (κ2) is 18.9. The van der Waals surface area contributed by atoms with Gasteiger partial charge in [-0.05, 0) is 54.5 Å². The number of hydrogen-bond acceptors (Lipinski definition) is 10. The maximum absolute atomic E-state index is 13.7. The van der Waals surface area contributed by atoms with Gasteiger partial charge in [-0.25, -0.2) is 4.57 Å². The van der Waals surface area contributed by atoms with E-state index in [1.165, 1.54) is 13.8 Å². The highest BCUT2D eigenvalue weighted by molar-refractivity contribution is 8.14. The molecule has 4 amide bonds. The lowest BCUT2D eigenvalue weighted by atomic mass is 9.78. The molecule has 5 atom stereocenters. The Morgan fingerprint density at radius 3 is 1.79 bits per heavy atom. The van der Waals surface area contributed by atoms with Crippen molar-refractivity contribution in [2.45, 2.75) is 89.8 Å². The molecule has 75 heavy (non-hydrogen) atoms. The van der Waals surface area contributed by atoms with Gasteiger partial charge in [0.05, 0.1) is 57.2 Å². The van der Waals surface area contributed by atoms with Crippen molar-refractivity contribution in [2.75, 3.05) is 32.8 Å². The van der Waals surface area contributed by atoms with Gasteiger partial charge >= 0.3 is 5.91 Å². The van der Waals surface area contributed by atoms with Crippen molar-refractivity contribution in [3.05, 3.63) is 172 Å². The molecule has 1 aromatic heterocycles. The van der Waals surface area contributed by atoms with Crippen molar-refractivity contribution >= 4 is 103 Å². The Kier molecular flexibility index (Phi) is 12.2. The van der Waals surface area contributed by atoms with Gasteiger partial charge in [0, 0.05) is 90.1 Å². The van der Waals surface area contributed by atoms with Crippen LogP contribution in [0.3, 0.4) is 0 Å². The standard InChI is InChI=1S/C59H54N8O6S2/c1-5-51(70)60-39-19-11-7-15-35(39)55-43-23-24-44-56(36-16-8-12-20-40(36)61-52(71)6-2)46-26-28-48-58(38-18-10-14-22-42(38)63-54(73)32-75-34(4)69)50-30-29-49-57(37-17-9-13-21-41(37)62-53(72)31-74-33(3)68)47-27-25-45(55)65(47)59(64(43)44,66(46)48)67(49)50/h7-23,25,27,29-30,44,46-47,56H,5-6,24,26,28,31-32H2,1-4H3,(H3,60,61,63,70,71,73)/p+1/t44?,46-,47?,56-,59?/m0/s1. The van der Waals surface area contributed by atoms with Crippen LogP contribution in [0.4, 0.5) is 22.7 Å². The molecule has 0 aliphatic carbocycles. The molecule has 7 aliphatic heterocycles. The Morgan fingerprint density at radius 1 is 0.627 bits per heavy atom. The molecule has 12 rings (SSSR count). The Morgan fingerprint density at radius 2 is 1.16 bits per heavy atom. The summed E-state index contributed by atoms with van der Waals surface area (Å²) in [5.41, 5.74) is 12.3. The molecule has 5 aromatic rings. The molecule has 7 aliphatic rings. The van der Waals surface area contributed by atoms with E-state index in [2.05, 4.69) is 94.8 Å². The van der Waals surface area contributed by atoms with E-state index < -0.39 is 12.0 Å². The average Bonchev–Trinajstić information content (AvgIpc) is 4.41. The SMILES string of the molecule is CCC(=O)Nc1ccccc1C1=C2C=CC3C(c4ccccc4NC(=O)CSC(C)=O)=c4ccc5n4C4(N23)N2C1=CCC2[C@H](c1ccccc1NC(=O)CC)[C@@H]1CCC(=[N+]14)C=5c1ccccc1NC(=O)CSC(C)=O. The number of thioether (sulfide) groups is 2. The third kappa shape index (κ3) is 7.57. The summed E-state index contributed by atoms with van der Waals surface area (Å²) >= 11 is 1.94. The lowest BCUT2D eigenvalue weighted by Crippen LogP contribution is -2.81.